The highest BCUT2D eigenvalue weighted by molar-refractivity contribution is 5.92. The van der Waals surface area contributed by atoms with E-state index in [1.165, 1.54) is 0 Å². The van der Waals surface area contributed by atoms with E-state index in [4.69, 9.17) is 5.73 Å². The van der Waals surface area contributed by atoms with Gasteiger partial charge in [-0.05, 0) is 12.8 Å². The standard InChI is InChI=1S/C14H20N4O3/c1-8(2)13-16-7-10(11(17-13)14(20)21)18-5-3-9(4-6-18)12(15)19/h7-9H,3-6H2,1-2H3,(H2,15,19)(H,20,21). The van der Waals surface area contributed by atoms with Crippen molar-refractivity contribution < 1.29 is 14.7 Å². The Kier molecular flexibility index (Phi) is 4.40. The predicted molar refractivity (Wildman–Crippen MR) is 77.2 cm³/mol. The van der Waals surface area contributed by atoms with Gasteiger partial charge in [-0.15, -0.1) is 0 Å². The summed E-state index contributed by atoms with van der Waals surface area (Å²) in [6, 6.07) is 0. The number of primary amides is 1. The largest absolute Gasteiger partial charge is 0.476 e. The first kappa shape index (κ1) is 15.2. The minimum atomic E-state index is -1.06. The maximum Gasteiger partial charge on any atom is 0.356 e. The molecule has 114 valence electrons. The molecule has 1 saturated heterocycles. The first-order chi connectivity index (χ1) is 9.90. The molecule has 1 aliphatic heterocycles. The van der Waals surface area contributed by atoms with Crippen molar-refractivity contribution in [1.82, 2.24) is 9.97 Å². The van der Waals surface area contributed by atoms with Crippen LogP contribution in [0.3, 0.4) is 0 Å². The smallest absolute Gasteiger partial charge is 0.356 e. The van der Waals surface area contributed by atoms with E-state index in [2.05, 4.69) is 9.97 Å². The fraction of sp³-hybridized carbons (Fsp3) is 0.571. The second-order valence-corrected chi connectivity index (χ2v) is 5.59. The lowest BCUT2D eigenvalue weighted by Gasteiger charge is -2.32. The van der Waals surface area contributed by atoms with Gasteiger partial charge in [-0.1, -0.05) is 13.8 Å². The monoisotopic (exact) mass is 292 g/mol. The molecule has 1 aromatic rings. The topological polar surface area (TPSA) is 109 Å². The highest BCUT2D eigenvalue weighted by Gasteiger charge is 2.27. The van der Waals surface area contributed by atoms with Crippen LogP contribution < -0.4 is 10.6 Å². The van der Waals surface area contributed by atoms with Crippen LogP contribution in [-0.4, -0.2) is 40.0 Å². The minimum absolute atomic E-state index is 0.0197. The molecule has 2 heterocycles. The Balaban J connectivity index is 2.24. The number of aromatic carboxylic acids is 1. The summed E-state index contributed by atoms with van der Waals surface area (Å²) < 4.78 is 0. The quantitative estimate of drug-likeness (QED) is 0.856. The van der Waals surface area contributed by atoms with Gasteiger partial charge in [0.25, 0.3) is 0 Å². The average molecular weight is 292 g/mol. The number of piperidine rings is 1. The van der Waals surface area contributed by atoms with E-state index in [0.29, 0.717) is 37.4 Å². The molecule has 2 rings (SSSR count). The molecule has 1 amide bonds. The molecule has 1 fully saturated rings. The van der Waals surface area contributed by atoms with Crippen molar-refractivity contribution in [1.29, 1.82) is 0 Å². The number of hydrogen-bond donors (Lipinski definition) is 2. The molecule has 0 aliphatic carbocycles. The van der Waals surface area contributed by atoms with E-state index in [-0.39, 0.29) is 23.4 Å². The Morgan fingerprint density at radius 2 is 2.00 bits per heavy atom. The average Bonchev–Trinajstić information content (AvgIpc) is 2.46. The zero-order valence-corrected chi connectivity index (χ0v) is 12.2. The third-order valence-electron chi connectivity index (χ3n) is 3.75. The fourth-order valence-corrected chi connectivity index (χ4v) is 2.46. The molecule has 3 N–H and O–H groups in total. The number of rotatable bonds is 4. The van der Waals surface area contributed by atoms with Gasteiger partial charge in [-0.2, -0.15) is 0 Å². The lowest BCUT2D eigenvalue weighted by atomic mass is 9.96. The van der Waals surface area contributed by atoms with Crippen LogP contribution in [0.15, 0.2) is 6.20 Å². The summed E-state index contributed by atoms with van der Waals surface area (Å²) in [6.45, 7) is 4.99. The first-order valence-electron chi connectivity index (χ1n) is 7.04. The molecule has 0 unspecified atom stereocenters. The first-order valence-corrected chi connectivity index (χ1v) is 7.04. The fourth-order valence-electron chi connectivity index (χ4n) is 2.46. The van der Waals surface area contributed by atoms with Crippen LogP contribution in [0.25, 0.3) is 0 Å². The molecule has 0 spiro atoms. The molecule has 1 aromatic heterocycles. The van der Waals surface area contributed by atoms with Gasteiger partial charge < -0.3 is 15.7 Å². The maximum atomic E-state index is 11.4. The molecular weight excluding hydrogens is 272 g/mol. The molecule has 1 aliphatic rings. The van der Waals surface area contributed by atoms with Gasteiger partial charge in [0.2, 0.25) is 5.91 Å². The molecule has 0 saturated carbocycles. The van der Waals surface area contributed by atoms with Crippen molar-refractivity contribution in [3.8, 4) is 0 Å². The molecule has 0 aromatic carbocycles. The zero-order valence-electron chi connectivity index (χ0n) is 12.2. The Labute approximate surface area is 123 Å². The van der Waals surface area contributed by atoms with Crippen LogP contribution in [0.4, 0.5) is 5.69 Å². The Morgan fingerprint density at radius 1 is 1.38 bits per heavy atom. The van der Waals surface area contributed by atoms with Crippen molar-refractivity contribution in [3.05, 3.63) is 17.7 Å². The van der Waals surface area contributed by atoms with Crippen LogP contribution in [0.2, 0.25) is 0 Å². The summed E-state index contributed by atoms with van der Waals surface area (Å²) in [4.78, 5) is 32.9. The number of carboxylic acids is 1. The molecule has 7 nitrogen and oxygen atoms in total. The molecular formula is C14H20N4O3. The Morgan fingerprint density at radius 3 is 2.48 bits per heavy atom. The van der Waals surface area contributed by atoms with Gasteiger partial charge in [0.05, 0.1) is 11.9 Å². The number of nitrogens with zero attached hydrogens (tertiary/aromatic N) is 3. The van der Waals surface area contributed by atoms with Crippen molar-refractivity contribution in [2.75, 3.05) is 18.0 Å². The predicted octanol–water partition coefficient (Wildman–Crippen LogP) is 1.000. The summed E-state index contributed by atoms with van der Waals surface area (Å²) in [5.41, 5.74) is 5.84. The van der Waals surface area contributed by atoms with Crippen LogP contribution in [0.5, 0.6) is 0 Å². The Hall–Kier alpha value is -2.18. The number of aromatic nitrogens is 2. The van der Waals surface area contributed by atoms with Gasteiger partial charge in [0, 0.05) is 24.9 Å². The molecule has 0 atom stereocenters. The summed E-state index contributed by atoms with van der Waals surface area (Å²) in [7, 11) is 0. The van der Waals surface area contributed by atoms with E-state index in [0.717, 1.165) is 0 Å². The van der Waals surface area contributed by atoms with Crippen molar-refractivity contribution in [2.45, 2.75) is 32.6 Å². The van der Waals surface area contributed by atoms with E-state index in [9.17, 15) is 14.7 Å². The number of anilines is 1. The number of amides is 1. The van der Waals surface area contributed by atoms with E-state index in [1.54, 1.807) is 6.20 Å². The van der Waals surface area contributed by atoms with E-state index >= 15 is 0 Å². The highest BCUT2D eigenvalue weighted by Crippen LogP contribution is 2.26. The van der Waals surface area contributed by atoms with Gasteiger partial charge in [0.1, 0.15) is 5.82 Å². The van der Waals surface area contributed by atoms with Gasteiger partial charge in [0.15, 0.2) is 5.69 Å². The third-order valence-corrected chi connectivity index (χ3v) is 3.75. The number of nitrogens with two attached hydrogens (primary N) is 1. The molecule has 0 radical (unpaired) electrons. The lowest BCUT2D eigenvalue weighted by molar-refractivity contribution is -0.122. The molecule has 7 heteroatoms. The van der Waals surface area contributed by atoms with Gasteiger partial charge in [-0.3, -0.25) is 4.79 Å². The summed E-state index contributed by atoms with van der Waals surface area (Å²) >= 11 is 0. The number of hydrogen-bond acceptors (Lipinski definition) is 5. The number of carboxylic acid groups (broad SMARTS) is 1. The third kappa shape index (κ3) is 3.29. The van der Waals surface area contributed by atoms with Crippen LogP contribution in [-0.2, 0) is 4.79 Å². The second kappa shape index (κ2) is 6.07. The molecule has 0 bridgehead atoms. The molecule has 21 heavy (non-hydrogen) atoms. The van der Waals surface area contributed by atoms with Crippen LogP contribution in [0, 0.1) is 5.92 Å². The number of carbonyl (C=O) groups excluding carboxylic acids is 1. The van der Waals surface area contributed by atoms with Gasteiger partial charge in [-0.25, -0.2) is 14.8 Å². The van der Waals surface area contributed by atoms with Crippen LogP contribution in [0.1, 0.15) is 48.9 Å². The maximum absolute atomic E-state index is 11.4. The zero-order chi connectivity index (χ0) is 15.6. The van der Waals surface area contributed by atoms with Gasteiger partial charge >= 0.3 is 5.97 Å². The lowest BCUT2D eigenvalue weighted by Crippen LogP contribution is -2.39. The normalized spacial score (nSPS) is 16.2. The van der Waals surface area contributed by atoms with Crippen molar-refractivity contribution >= 4 is 17.6 Å². The highest BCUT2D eigenvalue weighted by atomic mass is 16.4. The van der Waals surface area contributed by atoms with Crippen molar-refractivity contribution in [3.63, 3.8) is 0 Å². The van der Waals surface area contributed by atoms with Crippen molar-refractivity contribution in [2.24, 2.45) is 11.7 Å². The Bertz CT molecular complexity index is 551. The second-order valence-electron chi connectivity index (χ2n) is 5.59. The summed E-state index contributed by atoms with van der Waals surface area (Å²) in [5.74, 6) is -0.905. The summed E-state index contributed by atoms with van der Waals surface area (Å²) in [6.07, 6.45) is 2.82. The van der Waals surface area contributed by atoms with Crippen LogP contribution >= 0.6 is 0 Å². The van der Waals surface area contributed by atoms with E-state index < -0.39 is 5.97 Å². The summed E-state index contributed by atoms with van der Waals surface area (Å²) in [5, 5.41) is 9.35. The SMILES string of the molecule is CC(C)c1ncc(N2CCC(C(N)=O)CC2)c(C(=O)O)n1. The minimum Gasteiger partial charge on any atom is -0.476 e. The number of carbonyl (C=O) groups is 2. The van der Waals surface area contributed by atoms with E-state index in [1.807, 2.05) is 18.7 Å².